The van der Waals surface area contributed by atoms with Crippen molar-refractivity contribution < 1.29 is 4.79 Å². The highest BCUT2D eigenvalue weighted by molar-refractivity contribution is 5.95. The van der Waals surface area contributed by atoms with E-state index >= 15 is 0 Å². The lowest BCUT2D eigenvalue weighted by molar-refractivity contribution is -0.124. The summed E-state index contributed by atoms with van der Waals surface area (Å²) in [4.78, 5) is 18.2. The number of carbonyl (C=O) groups excluding carboxylic acids is 1. The van der Waals surface area contributed by atoms with E-state index in [1.165, 1.54) is 0 Å². The number of nitrogens with zero attached hydrogens (tertiary/aromatic N) is 2. The molecule has 2 aromatic rings. The molecule has 6 heteroatoms. The molecule has 1 atom stereocenters. The molecule has 1 amide bonds. The Kier molecular flexibility index (Phi) is 6.81. The first-order valence-electron chi connectivity index (χ1n) is 6.80. The van der Waals surface area contributed by atoms with Crippen LogP contribution in [0.3, 0.4) is 0 Å². The maximum atomic E-state index is 12.1. The first-order chi connectivity index (χ1) is 9.74. The number of pyridine rings is 1. The molecule has 0 spiro atoms. The fraction of sp³-hybridized carbons (Fsp3) is 0.250. The Morgan fingerprint density at radius 2 is 2.05 bits per heavy atom. The predicted octanol–water partition coefficient (Wildman–Crippen LogP) is 2.65. The number of carbonyl (C=O) groups is 1. The third kappa shape index (κ3) is 3.97. The van der Waals surface area contributed by atoms with E-state index in [0.717, 1.165) is 29.4 Å². The van der Waals surface area contributed by atoms with E-state index in [9.17, 15) is 4.79 Å². The van der Waals surface area contributed by atoms with Crippen LogP contribution in [0.1, 0.15) is 12.0 Å². The van der Waals surface area contributed by atoms with E-state index in [0.29, 0.717) is 6.54 Å². The number of hydrogen-bond acceptors (Lipinski definition) is 3. The molecule has 4 nitrogen and oxygen atoms in total. The fourth-order valence-corrected chi connectivity index (χ4v) is 2.52. The van der Waals surface area contributed by atoms with Gasteiger partial charge in [0.1, 0.15) is 0 Å². The molecule has 1 unspecified atom stereocenters. The molecule has 0 saturated carbocycles. The first kappa shape index (κ1) is 18.4. The van der Waals surface area contributed by atoms with E-state index in [2.05, 4.69) is 4.98 Å². The lowest BCUT2D eigenvalue weighted by Crippen LogP contribution is -2.30. The lowest BCUT2D eigenvalue weighted by Gasteiger charge is -2.12. The van der Waals surface area contributed by atoms with Crippen molar-refractivity contribution in [1.82, 2.24) is 9.88 Å². The summed E-state index contributed by atoms with van der Waals surface area (Å²) in [5, 5.41) is 1.05. The number of para-hydroxylation sites is 1. The van der Waals surface area contributed by atoms with Crippen molar-refractivity contribution in [3.8, 4) is 0 Å². The van der Waals surface area contributed by atoms with Gasteiger partial charge in [-0.3, -0.25) is 9.78 Å². The average molecular weight is 340 g/mol. The van der Waals surface area contributed by atoms with Crippen LogP contribution in [0.5, 0.6) is 0 Å². The Labute approximate surface area is 142 Å². The zero-order chi connectivity index (χ0) is 13.9. The van der Waals surface area contributed by atoms with Gasteiger partial charge in [-0.15, -0.1) is 24.8 Å². The van der Waals surface area contributed by atoms with Crippen LogP contribution < -0.4 is 5.73 Å². The van der Waals surface area contributed by atoms with Crippen LogP contribution in [0.15, 0.2) is 42.6 Å². The Morgan fingerprint density at radius 3 is 2.77 bits per heavy atom. The van der Waals surface area contributed by atoms with E-state index in [-0.39, 0.29) is 36.8 Å². The number of fused-ring (bicyclic) bond motifs is 1. The molecule has 1 aliphatic heterocycles. The van der Waals surface area contributed by atoms with Crippen LogP contribution in [0.2, 0.25) is 0 Å². The number of benzene rings is 1. The molecule has 1 saturated heterocycles. The van der Waals surface area contributed by atoms with E-state index in [1.807, 2.05) is 36.4 Å². The largest absolute Gasteiger partial charge is 0.338 e. The van der Waals surface area contributed by atoms with Crippen LogP contribution in [0.25, 0.3) is 17.0 Å². The summed E-state index contributed by atoms with van der Waals surface area (Å²) in [6.45, 7) is 1.40. The molecule has 1 fully saturated rings. The van der Waals surface area contributed by atoms with Gasteiger partial charge < -0.3 is 10.6 Å². The van der Waals surface area contributed by atoms with Crippen molar-refractivity contribution in [1.29, 1.82) is 0 Å². The number of hydrogen-bond donors (Lipinski definition) is 1. The van der Waals surface area contributed by atoms with Crippen LogP contribution in [-0.4, -0.2) is 34.9 Å². The molecule has 2 N–H and O–H groups in total. The maximum absolute atomic E-state index is 12.1. The summed E-state index contributed by atoms with van der Waals surface area (Å²) in [6.07, 6.45) is 6.13. The highest BCUT2D eigenvalue weighted by Gasteiger charge is 2.21. The van der Waals surface area contributed by atoms with Crippen molar-refractivity contribution in [3.63, 3.8) is 0 Å². The van der Waals surface area contributed by atoms with Crippen molar-refractivity contribution in [3.05, 3.63) is 48.2 Å². The summed E-state index contributed by atoms with van der Waals surface area (Å²) < 4.78 is 0. The Hall–Kier alpha value is -1.62. The summed E-state index contributed by atoms with van der Waals surface area (Å²) in [5.41, 5.74) is 7.76. The lowest BCUT2D eigenvalue weighted by atomic mass is 10.1. The molecule has 0 bridgehead atoms. The van der Waals surface area contributed by atoms with Gasteiger partial charge in [0.05, 0.1) is 5.52 Å². The van der Waals surface area contributed by atoms with Gasteiger partial charge in [-0.25, -0.2) is 0 Å². The monoisotopic (exact) mass is 339 g/mol. The number of rotatable bonds is 2. The number of amides is 1. The van der Waals surface area contributed by atoms with Gasteiger partial charge in [0.25, 0.3) is 0 Å². The topological polar surface area (TPSA) is 59.2 Å². The molecule has 0 radical (unpaired) electrons. The Balaban J connectivity index is 0.00000121. The Bertz CT molecular complexity index is 670. The average Bonchev–Trinajstić information content (AvgIpc) is 2.91. The molecule has 2 heterocycles. The number of nitrogens with two attached hydrogens (primary N) is 1. The molecule has 22 heavy (non-hydrogen) atoms. The summed E-state index contributed by atoms with van der Waals surface area (Å²) in [6, 6.07) is 9.95. The fourth-order valence-electron chi connectivity index (χ4n) is 2.52. The van der Waals surface area contributed by atoms with E-state index < -0.39 is 0 Å². The minimum Gasteiger partial charge on any atom is -0.338 e. The third-order valence-corrected chi connectivity index (χ3v) is 3.62. The standard InChI is InChI=1S/C16H17N3O.2ClH/c17-13-8-10-19(11-13)16(20)6-5-12-7-9-18-15-4-2-1-3-14(12)15;;/h1-7,9,13H,8,10-11,17H2;2*1H/b6-5+;;. The zero-order valence-electron chi connectivity index (χ0n) is 12.0. The predicted molar refractivity (Wildman–Crippen MR) is 94.4 cm³/mol. The van der Waals surface area contributed by atoms with Gasteiger partial charge in [0, 0.05) is 36.8 Å². The molecule has 1 aromatic heterocycles. The molecule has 1 aliphatic rings. The Morgan fingerprint density at radius 1 is 1.27 bits per heavy atom. The second-order valence-corrected chi connectivity index (χ2v) is 5.08. The van der Waals surface area contributed by atoms with Gasteiger partial charge in [-0.1, -0.05) is 18.2 Å². The second kappa shape index (κ2) is 8.13. The normalized spacial score (nSPS) is 17.3. The minimum absolute atomic E-state index is 0. The maximum Gasteiger partial charge on any atom is 0.246 e. The smallest absolute Gasteiger partial charge is 0.246 e. The molecule has 0 aliphatic carbocycles. The second-order valence-electron chi connectivity index (χ2n) is 5.08. The number of halogens is 2. The highest BCUT2D eigenvalue weighted by atomic mass is 35.5. The quantitative estimate of drug-likeness (QED) is 0.855. The first-order valence-corrected chi connectivity index (χ1v) is 6.80. The zero-order valence-corrected chi connectivity index (χ0v) is 13.6. The SMILES string of the molecule is Cl.Cl.NC1CCN(C(=O)/C=C/c2ccnc3ccccc23)C1. The number of aromatic nitrogens is 1. The molecule has 3 rings (SSSR count). The van der Waals surface area contributed by atoms with Gasteiger partial charge >= 0.3 is 0 Å². The minimum atomic E-state index is 0. The van der Waals surface area contributed by atoms with Crippen LogP contribution in [-0.2, 0) is 4.79 Å². The summed E-state index contributed by atoms with van der Waals surface area (Å²) >= 11 is 0. The molecular formula is C16H19Cl2N3O. The van der Waals surface area contributed by atoms with Crippen molar-refractivity contribution in [2.75, 3.05) is 13.1 Å². The van der Waals surface area contributed by atoms with Gasteiger partial charge in [0.15, 0.2) is 0 Å². The van der Waals surface area contributed by atoms with Crippen molar-refractivity contribution in [2.24, 2.45) is 5.73 Å². The molecule has 118 valence electrons. The van der Waals surface area contributed by atoms with Gasteiger partial charge in [-0.05, 0) is 30.2 Å². The third-order valence-electron chi connectivity index (χ3n) is 3.62. The summed E-state index contributed by atoms with van der Waals surface area (Å²) in [5.74, 6) is 0.0267. The van der Waals surface area contributed by atoms with Crippen molar-refractivity contribution >= 4 is 47.7 Å². The number of likely N-dealkylation sites (tertiary alicyclic amines) is 1. The van der Waals surface area contributed by atoms with Crippen LogP contribution in [0.4, 0.5) is 0 Å². The van der Waals surface area contributed by atoms with E-state index in [4.69, 9.17) is 5.73 Å². The van der Waals surface area contributed by atoms with E-state index in [1.54, 1.807) is 17.2 Å². The highest BCUT2D eigenvalue weighted by Crippen LogP contribution is 2.17. The molecule has 1 aromatic carbocycles. The molecular weight excluding hydrogens is 321 g/mol. The van der Waals surface area contributed by atoms with Crippen LogP contribution >= 0.6 is 24.8 Å². The van der Waals surface area contributed by atoms with Gasteiger partial charge in [-0.2, -0.15) is 0 Å². The van der Waals surface area contributed by atoms with Crippen LogP contribution in [0, 0.1) is 0 Å². The van der Waals surface area contributed by atoms with Crippen molar-refractivity contribution in [2.45, 2.75) is 12.5 Å². The van der Waals surface area contributed by atoms with Gasteiger partial charge in [0.2, 0.25) is 5.91 Å². The summed E-state index contributed by atoms with van der Waals surface area (Å²) in [7, 11) is 0.